The molecule has 0 radical (unpaired) electrons. The molecule has 5 rings (SSSR count). The van der Waals surface area contributed by atoms with Gasteiger partial charge in [0.15, 0.2) is 7.85 Å². The monoisotopic (exact) mass is 340 g/mol. The first-order chi connectivity index (χ1) is 12.4. The molecule has 2 aliphatic rings. The van der Waals surface area contributed by atoms with Crippen LogP contribution in [-0.2, 0) is 10.2 Å². The van der Waals surface area contributed by atoms with Gasteiger partial charge in [-0.25, -0.2) is 0 Å². The summed E-state index contributed by atoms with van der Waals surface area (Å²) in [5, 5.41) is 2.39. The summed E-state index contributed by atoms with van der Waals surface area (Å²) in [6.45, 7) is 6.40. The van der Waals surface area contributed by atoms with Crippen molar-refractivity contribution in [3.63, 3.8) is 0 Å². The fourth-order valence-electron chi connectivity index (χ4n) is 4.24. The van der Waals surface area contributed by atoms with Gasteiger partial charge in [-0.05, 0) is 61.1 Å². The quantitative estimate of drug-likeness (QED) is 0.352. The molecule has 0 aromatic heterocycles. The third-order valence-electron chi connectivity index (χ3n) is 5.84. The van der Waals surface area contributed by atoms with Gasteiger partial charge in [0, 0.05) is 10.9 Å². The maximum atomic E-state index is 6.43. The van der Waals surface area contributed by atoms with Crippen LogP contribution in [0, 0.1) is 0 Å². The molecule has 0 amide bonds. The van der Waals surface area contributed by atoms with Crippen LogP contribution < -0.4 is 4.74 Å². The lowest BCUT2D eigenvalue weighted by Crippen LogP contribution is -2.32. The molecule has 0 aliphatic carbocycles. The molecule has 3 aromatic rings. The summed E-state index contributed by atoms with van der Waals surface area (Å²) < 4.78 is 12.6. The van der Waals surface area contributed by atoms with Crippen molar-refractivity contribution in [2.45, 2.75) is 31.9 Å². The van der Waals surface area contributed by atoms with Gasteiger partial charge in [0.1, 0.15) is 11.5 Å². The molecule has 3 aromatic carbocycles. The van der Waals surface area contributed by atoms with Crippen LogP contribution in [0.25, 0.3) is 21.9 Å². The Morgan fingerprint density at radius 1 is 0.885 bits per heavy atom. The van der Waals surface area contributed by atoms with Gasteiger partial charge in [-0.2, -0.15) is 0 Å². The zero-order valence-corrected chi connectivity index (χ0v) is 15.6. The van der Waals surface area contributed by atoms with E-state index in [0.717, 1.165) is 22.6 Å². The predicted molar refractivity (Wildman–Crippen MR) is 109 cm³/mol. The summed E-state index contributed by atoms with van der Waals surface area (Å²) in [4.78, 5) is 0. The average molecular weight is 340 g/mol. The van der Waals surface area contributed by atoms with Gasteiger partial charge >= 0.3 is 0 Å². The number of benzene rings is 3. The van der Waals surface area contributed by atoms with Crippen molar-refractivity contribution in [2.75, 3.05) is 0 Å². The first kappa shape index (κ1) is 15.7. The van der Waals surface area contributed by atoms with Gasteiger partial charge < -0.3 is 9.47 Å². The molecule has 2 aliphatic heterocycles. The Hall–Kier alpha value is -2.52. The van der Waals surface area contributed by atoms with Crippen molar-refractivity contribution in [2.24, 2.45) is 0 Å². The number of hydrogen-bond acceptors (Lipinski definition) is 2. The first-order valence-corrected chi connectivity index (χ1v) is 9.12. The molecule has 0 fully saturated rings. The van der Waals surface area contributed by atoms with E-state index in [1.807, 2.05) is 12.1 Å². The Balaban J connectivity index is 1.71. The smallest absolute Gasteiger partial charge is 0.154 e. The molecule has 0 saturated heterocycles. The van der Waals surface area contributed by atoms with Crippen LogP contribution in [0.1, 0.15) is 26.3 Å². The second kappa shape index (κ2) is 5.02. The molecule has 1 atom stereocenters. The van der Waals surface area contributed by atoms with E-state index in [4.69, 9.17) is 9.47 Å². The molecule has 0 bridgehead atoms. The molecule has 3 heteroatoms. The van der Waals surface area contributed by atoms with Crippen LogP contribution in [0.15, 0.2) is 66.2 Å². The lowest BCUT2D eigenvalue weighted by atomic mass is 9.74. The Morgan fingerprint density at radius 3 is 2.38 bits per heavy atom. The molecule has 0 N–H and O–H groups in total. The van der Waals surface area contributed by atoms with Crippen LogP contribution >= 0.6 is 0 Å². The molecule has 2 nitrogen and oxygen atoms in total. The minimum atomic E-state index is -0.423. The van der Waals surface area contributed by atoms with Crippen LogP contribution in [0.4, 0.5) is 0 Å². The minimum absolute atomic E-state index is 0.242. The lowest BCUT2D eigenvalue weighted by molar-refractivity contribution is -0.0303. The van der Waals surface area contributed by atoms with Crippen molar-refractivity contribution in [1.29, 1.82) is 0 Å². The van der Waals surface area contributed by atoms with Crippen molar-refractivity contribution in [3.8, 4) is 22.6 Å². The first-order valence-electron chi connectivity index (χ1n) is 9.12. The highest BCUT2D eigenvalue weighted by molar-refractivity contribution is 6.17. The van der Waals surface area contributed by atoms with Gasteiger partial charge in [-0.1, -0.05) is 42.5 Å². The highest BCUT2D eigenvalue weighted by Gasteiger charge is 2.40. The summed E-state index contributed by atoms with van der Waals surface area (Å²) in [6, 6.07) is 19.1. The second-order valence-electron chi connectivity index (χ2n) is 8.02. The van der Waals surface area contributed by atoms with Gasteiger partial charge in [0.25, 0.3) is 0 Å². The van der Waals surface area contributed by atoms with Crippen molar-refractivity contribution >= 4 is 18.6 Å². The number of rotatable bonds is 1. The second-order valence-corrected chi connectivity index (χ2v) is 8.02. The summed E-state index contributed by atoms with van der Waals surface area (Å²) in [6.07, 6.45) is 2.24. The Labute approximate surface area is 154 Å². The van der Waals surface area contributed by atoms with E-state index in [-0.39, 0.29) is 5.60 Å². The molecule has 1 unspecified atom stereocenters. The molecule has 128 valence electrons. The maximum absolute atomic E-state index is 6.43. The van der Waals surface area contributed by atoms with Crippen LogP contribution in [-0.4, -0.2) is 13.4 Å². The SMILES string of the molecule is BC1(c2ccc3c(c2)-c2cccc4cccc(c24)O3)C=C(C)C(C)(C)O1. The minimum Gasteiger partial charge on any atom is -0.456 e. The van der Waals surface area contributed by atoms with Crippen LogP contribution in [0.5, 0.6) is 11.5 Å². The van der Waals surface area contributed by atoms with Crippen LogP contribution in [0.3, 0.4) is 0 Å². The molecule has 26 heavy (non-hydrogen) atoms. The Morgan fingerprint density at radius 2 is 1.65 bits per heavy atom. The number of fused-ring (bicyclic) bond motifs is 2. The summed E-state index contributed by atoms with van der Waals surface area (Å²) in [5.41, 5.74) is 4.11. The van der Waals surface area contributed by atoms with Crippen molar-refractivity contribution in [3.05, 3.63) is 71.8 Å². The van der Waals surface area contributed by atoms with Crippen molar-refractivity contribution < 1.29 is 9.47 Å². The van der Waals surface area contributed by atoms with Gasteiger partial charge in [-0.3, -0.25) is 0 Å². The largest absolute Gasteiger partial charge is 0.456 e. The van der Waals surface area contributed by atoms with E-state index in [2.05, 4.69) is 77.2 Å². The van der Waals surface area contributed by atoms with Gasteiger partial charge in [-0.15, -0.1) is 0 Å². The van der Waals surface area contributed by atoms with Crippen molar-refractivity contribution in [1.82, 2.24) is 0 Å². The van der Waals surface area contributed by atoms with E-state index in [0.29, 0.717) is 0 Å². The highest BCUT2D eigenvalue weighted by Crippen LogP contribution is 2.48. The zero-order valence-electron chi connectivity index (χ0n) is 15.6. The predicted octanol–water partition coefficient (Wildman–Crippen LogP) is 5.15. The van der Waals surface area contributed by atoms with E-state index in [9.17, 15) is 0 Å². The topological polar surface area (TPSA) is 18.5 Å². The molecule has 0 spiro atoms. The third kappa shape index (κ3) is 2.10. The Bertz CT molecular complexity index is 1090. The number of hydrogen-bond donors (Lipinski definition) is 0. The Kier molecular flexibility index (Phi) is 3.03. The van der Waals surface area contributed by atoms with E-state index in [1.165, 1.54) is 21.9 Å². The lowest BCUT2D eigenvalue weighted by Gasteiger charge is -2.31. The van der Waals surface area contributed by atoms with E-state index >= 15 is 0 Å². The normalized spacial score (nSPS) is 22.7. The maximum Gasteiger partial charge on any atom is 0.154 e. The van der Waals surface area contributed by atoms with Gasteiger partial charge in [0.05, 0.1) is 11.1 Å². The average Bonchev–Trinajstić information content (AvgIpc) is 2.83. The van der Waals surface area contributed by atoms with Gasteiger partial charge in [0.2, 0.25) is 0 Å². The molecule has 2 heterocycles. The molecule has 0 saturated carbocycles. The summed E-state index contributed by atoms with van der Waals surface area (Å²) in [5.74, 6) is 1.83. The standard InChI is InChI=1S/C23H21BO2/c1-14-13-23(24,26-22(14,2)3)16-10-11-19-18(12-16)17-8-4-6-15-7-5-9-20(25-19)21(15)17/h4-13H,24H2,1-3H3. The summed E-state index contributed by atoms with van der Waals surface area (Å²) in [7, 11) is 2.14. The molecular weight excluding hydrogens is 319 g/mol. The fourth-order valence-corrected chi connectivity index (χ4v) is 4.24. The van der Waals surface area contributed by atoms with E-state index < -0.39 is 5.50 Å². The van der Waals surface area contributed by atoms with Crippen LogP contribution in [0.2, 0.25) is 0 Å². The summed E-state index contributed by atoms with van der Waals surface area (Å²) >= 11 is 0. The fraction of sp³-hybridized carbons (Fsp3) is 0.217. The van der Waals surface area contributed by atoms with E-state index in [1.54, 1.807) is 0 Å². The molecular formula is C23H21BO2. The zero-order chi connectivity index (χ0) is 18.1. The third-order valence-corrected chi connectivity index (χ3v) is 5.84. The highest BCUT2D eigenvalue weighted by atomic mass is 16.5. The number of ether oxygens (including phenoxy) is 2.